The molecule has 2 aliphatic rings. The third-order valence-electron chi connectivity index (χ3n) is 4.52. The third-order valence-corrected chi connectivity index (χ3v) is 6.19. The number of hydrogen-bond acceptors (Lipinski definition) is 4. The fourth-order valence-corrected chi connectivity index (χ4v) is 4.43. The number of methoxy groups -OCH3 is 1. The normalized spacial score (nSPS) is 28.5. The van der Waals surface area contributed by atoms with E-state index in [9.17, 15) is 8.42 Å². The van der Waals surface area contributed by atoms with Gasteiger partial charge in [0.25, 0.3) is 10.2 Å². The van der Waals surface area contributed by atoms with E-state index in [1.807, 2.05) is 0 Å². The van der Waals surface area contributed by atoms with Crippen molar-refractivity contribution in [1.29, 1.82) is 0 Å². The van der Waals surface area contributed by atoms with Gasteiger partial charge < -0.3 is 10.1 Å². The Morgan fingerprint density at radius 3 is 2.48 bits per heavy atom. The van der Waals surface area contributed by atoms with E-state index in [2.05, 4.69) is 17.0 Å². The van der Waals surface area contributed by atoms with Crippen LogP contribution >= 0.6 is 0 Å². The molecule has 1 aliphatic carbocycles. The molecule has 1 saturated heterocycles. The highest BCUT2D eigenvalue weighted by Gasteiger charge is 2.35. The van der Waals surface area contributed by atoms with Crippen LogP contribution in [0.4, 0.5) is 0 Å². The standard InChI is InChI=1S/C14H29N3O3S/c1-3-6-15-11-12-4-7-17(8-5-12)21(18,19)16-13-9-14(10-13)20-2/h12-16H,3-11H2,1-2H3. The van der Waals surface area contributed by atoms with Gasteiger partial charge in [-0.15, -0.1) is 0 Å². The van der Waals surface area contributed by atoms with Gasteiger partial charge in [-0.3, -0.25) is 0 Å². The lowest BCUT2D eigenvalue weighted by molar-refractivity contribution is 0.0231. The quantitative estimate of drug-likeness (QED) is 0.647. The molecule has 0 radical (unpaired) electrons. The average molecular weight is 319 g/mol. The lowest BCUT2D eigenvalue weighted by Gasteiger charge is -2.37. The van der Waals surface area contributed by atoms with Gasteiger partial charge in [0, 0.05) is 26.2 Å². The summed E-state index contributed by atoms with van der Waals surface area (Å²) in [4.78, 5) is 0. The smallest absolute Gasteiger partial charge is 0.279 e. The summed E-state index contributed by atoms with van der Waals surface area (Å²) < 4.78 is 34.2. The molecule has 0 atom stereocenters. The van der Waals surface area contributed by atoms with E-state index in [1.54, 1.807) is 11.4 Å². The molecule has 6 nitrogen and oxygen atoms in total. The molecule has 0 bridgehead atoms. The molecular weight excluding hydrogens is 290 g/mol. The van der Waals surface area contributed by atoms with Gasteiger partial charge in [0.05, 0.1) is 6.10 Å². The Balaban J connectivity index is 1.71. The lowest BCUT2D eigenvalue weighted by atomic mass is 9.90. The SMILES string of the molecule is CCCNCC1CCN(S(=O)(=O)NC2CC(OC)C2)CC1. The molecule has 7 heteroatoms. The maximum Gasteiger partial charge on any atom is 0.279 e. The minimum Gasteiger partial charge on any atom is -0.381 e. The van der Waals surface area contributed by atoms with Crippen molar-refractivity contribution in [3.05, 3.63) is 0 Å². The fourth-order valence-electron chi connectivity index (χ4n) is 2.98. The Morgan fingerprint density at radius 1 is 1.24 bits per heavy atom. The largest absolute Gasteiger partial charge is 0.381 e. The topological polar surface area (TPSA) is 70.7 Å². The summed E-state index contributed by atoms with van der Waals surface area (Å²) in [6.45, 7) is 5.47. The van der Waals surface area contributed by atoms with Crippen LogP contribution in [-0.4, -0.2) is 58.2 Å². The van der Waals surface area contributed by atoms with Gasteiger partial charge in [0.15, 0.2) is 0 Å². The molecule has 1 saturated carbocycles. The van der Waals surface area contributed by atoms with Gasteiger partial charge in [-0.05, 0) is 51.1 Å². The van der Waals surface area contributed by atoms with Gasteiger partial charge in [-0.2, -0.15) is 17.4 Å². The molecule has 0 aromatic heterocycles. The summed E-state index contributed by atoms with van der Waals surface area (Å²) in [6, 6.07) is 0.0453. The predicted octanol–water partition coefficient (Wildman–Crippen LogP) is 0.710. The number of nitrogens with zero attached hydrogens (tertiary/aromatic N) is 1. The van der Waals surface area contributed by atoms with E-state index in [4.69, 9.17) is 4.74 Å². The van der Waals surface area contributed by atoms with Gasteiger partial charge >= 0.3 is 0 Å². The van der Waals surface area contributed by atoms with Crippen LogP contribution in [0.1, 0.15) is 39.0 Å². The van der Waals surface area contributed by atoms with E-state index in [0.717, 1.165) is 45.2 Å². The van der Waals surface area contributed by atoms with E-state index < -0.39 is 10.2 Å². The number of ether oxygens (including phenoxy) is 1. The zero-order chi connectivity index (χ0) is 15.3. The van der Waals surface area contributed by atoms with Crippen LogP contribution in [0.5, 0.6) is 0 Å². The highest BCUT2D eigenvalue weighted by Crippen LogP contribution is 2.25. The summed E-state index contributed by atoms with van der Waals surface area (Å²) in [5.41, 5.74) is 0. The van der Waals surface area contributed by atoms with Crippen molar-refractivity contribution < 1.29 is 13.2 Å². The average Bonchev–Trinajstić information content (AvgIpc) is 2.43. The number of piperidine rings is 1. The molecule has 1 aliphatic heterocycles. The van der Waals surface area contributed by atoms with Crippen LogP contribution in [0.25, 0.3) is 0 Å². The van der Waals surface area contributed by atoms with Crippen molar-refractivity contribution in [3.8, 4) is 0 Å². The molecule has 0 aromatic rings. The van der Waals surface area contributed by atoms with Crippen LogP contribution in [0, 0.1) is 5.92 Å². The van der Waals surface area contributed by atoms with Crippen LogP contribution < -0.4 is 10.0 Å². The van der Waals surface area contributed by atoms with Gasteiger partial charge in [0.1, 0.15) is 0 Å². The van der Waals surface area contributed by atoms with Crippen molar-refractivity contribution in [1.82, 2.24) is 14.3 Å². The first kappa shape index (κ1) is 17.1. The maximum atomic E-state index is 12.3. The Bertz CT molecular complexity index is 402. The molecule has 124 valence electrons. The molecule has 0 aromatic carbocycles. The van der Waals surface area contributed by atoms with E-state index in [0.29, 0.717) is 19.0 Å². The van der Waals surface area contributed by atoms with Crippen molar-refractivity contribution in [2.24, 2.45) is 5.92 Å². The molecule has 0 amide bonds. The second-order valence-corrected chi connectivity index (χ2v) is 7.90. The first-order valence-electron chi connectivity index (χ1n) is 8.06. The Labute approximate surface area is 128 Å². The monoisotopic (exact) mass is 319 g/mol. The van der Waals surface area contributed by atoms with Crippen molar-refractivity contribution >= 4 is 10.2 Å². The highest BCUT2D eigenvalue weighted by molar-refractivity contribution is 7.87. The minimum atomic E-state index is -3.32. The second kappa shape index (κ2) is 7.87. The van der Waals surface area contributed by atoms with Crippen molar-refractivity contribution in [3.63, 3.8) is 0 Å². The lowest BCUT2D eigenvalue weighted by Crippen LogP contribution is -2.53. The zero-order valence-electron chi connectivity index (χ0n) is 13.2. The first-order chi connectivity index (χ1) is 10.0. The van der Waals surface area contributed by atoms with Crippen molar-refractivity contribution in [2.45, 2.75) is 51.2 Å². The third kappa shape index (κ3) is 4.89. The highest BCUT2D eigenvalue weighted by atomic mass is 32.2. The van der Waals surface area contributed by atoms with Crippen LogP contribution in [0.2, 0.25) is 0 Å². The minimum absolute atomic E-state index is 0.0453. The van der Waals surface area contributed by atoms with Gasteiger partial charge in [0.2, 0.25) is 0 Å². The van der Waals surface area contributed by atoms with Crippen LogP contribution in [-0.2, 0) is 14.9 Å². The molecule has 2 N–H and O–H groups in total. The molecule has 0 spiro atoms. The Hall–Kier alpha value is -0.210. The molecule has 2 fully saturated rings. The van der Waals surface area contributed by atoms with Crippen LogP contribution in [0.3, 0.4) is 0 Å². The summed E-state index contributed by atoms with van der Waals surface area (Å²) in [6.07, 6.45) is 4.82. The number of nitrogens with one attached hydrogen (secondary N) is 2. The van der Waals surface area contributed by atoms with E-state index in [-0.39, 0.29) is 12.1 Å². The molecule has 1 heterocycles. The van der Waals surface area contributed by atoms with Gasteiger partial charge in [-0.25, -0.2) is 0 Å². The maximum absolute atomic E-state index is 12.3. The van der Waals surface area contributed by atoms with E-state index >= 15 is 0 Å². The molecular formula is C14H29N3O3S. The zero-order valence-corrected chi connectivity index (χ0v) is 14.0. The summed E-state index contributed by atoms with van der Waals surface area (Å²) in [5.74, 6) is 0.601. The van der Waals surface area contributed by atoms with Gasteiger partial charge in [-0.1, -0.05) is 6.92 Å². The Kier molecular flexibility index (Phi) is 6.43. The molecule has 21 heavy (non-hydrogen) atoms. The summed E-state index contributed by atoms with van der Waals surface area (Å²) in [5, 5.41) is 3.42. The van der Waals surface area contributed by atoms with Crippen LogP contribution in [0.15, 0.2) is 0 Å². The first-order valence-corrected chi connectivity index (χ1v) is 9.50. The summed E-state index contributed by atoms with van der Waals surface area (Å²) in [7, 11) is -1.64. The van der Waals surface area contributed by atoms with Crippen molar-refractivity contribution in [2.75, 3.05) is 33.3 Å². The van der Waals surface area contributed by atoms with E-state index in [1.165, 1.54) is 0 Å². The number of rotatable bonds is 8. The molecule has 0 unspecified atom stereocenters. The Morgan fingerprint density at radius 2 is 1.90 bits per heavy atom. The fraction of sp³-hybridized carbons (Fsp3) is 1.00. The number of hydrogen-bond donors (Lipinski definition) is 2. The summed E-state index contributed by atoms with van der Waals surface area (Å²) >= 11 is 0. The predicted molar refractivity (Wildman–Crippen MR) is 83.3 cm³/mol. The molecule has 2 rings (SSSR count). The second-order valence-electron chi connectivity index (χ2n) is 6.20.